The first-order valence-electron chi connectivity index (χ1n) is 3.72. The molecule has 0 saturated heterocycles. The van der Waals surface area contributed by atoms with Gasteiger partial charge in [0.25, 0.3) is 9.05 Å². The number of hydrogen-bond acceptors (Lipinski definition) is 4. The van der Waals surface area contributed by atoms with E-state index >= 15 is 0 Å². The van der Waals surface area contributed by atoms with Gasteiger partial charge >= 0.3 is 5.97 Å². The lowest BCUT2D eigenvalue weighted by Gasteiger charge is -2.05. The molecular weight excluding hydrogens is 244 g/mol. The molecule has 1 N–H and O–H groups in total. The van der Waals surface area contributed by atoms with Gasteiger partial charge < -0.3 is 9.84 Å². The summed E-state index contributed by atoms with van der Waals surface area (Å²) in [6.07, 6.45) is 0. The van der Waals surface area contributed by atoms with Gasteiger partial charge in [0.15, 0.2) is 0 Å². The molecule has 0 amide bonds. The minimum absolute atomic E-state index is 0.00926. The van der Waals surface area contributed by atoms with Crippen LogP contribution in [-0.4, -0.2) is 26.6 Å². The molecule has 0 heterocycles. The molecule has 0 aliphatic heterocycles. The molecule has 0 saturated carbocycles. The highest BCUT2D eigenvalue weighted by atomic mass is 35.7. The molecule has 82 valence electrons. The SMILES string of the molecule is COc1ccc(C(=O)O)cc1S(=O)(=O)Cl. The fourth-order valence-corrected chi connectivity index (χ4v) is 2.02. The number of carboxylic acids is 1. The van der Waals surface area contributed by atoms with Crippen LogP contribution in [0.25, 0.3) is 0 Å². The molecule has 0 bridgehead atoms. The summed E-state index contributed by atoms with van der Waals surface area (Å²) in [7, 11) is 2.37. The van der Waals surface area contributed by atoms with Gasteiger partial charge in [0.1, 0.15) is 10.6 Å². The molecule has 1 rings (SSSR count). The third kappa shape index (κ3) is 2.60. The van der Waals surface area contributed by atoms with Crippen LogP contribution in [0.15, 0.2) is 23.1 Å². The first kappa shape index (κ1) is 11.8. The zero-order valence-electron chi connectivity index (χ0n) is 7.60. The molecule has 0 aliphatic carbocycles. The fraction of sp³-hybridized carbons (Fsp3) is 0.125. The second-order valence-corrected chi connectivity index (χ2v) is 5.14. The van der Waals surface area contributed by atoms with E-state index in [1.54, 1.807) is 0 Å². The average molecular weight is 251 g/mol. The number of ether oxygens (including phenoxy) is 1. The van der Waals surface area contributed by atoms with Gasteiger partial charge in [-0.05, 0) is 18.2 Å². The Bertz CT molecular complexity index is 494. The molecule has 1 aromatic rings. The van der Waals surface area contributed by atoms with Crippen molar-refractivity contribution in [1.29, 1.82) is 0 Å². The Morgan fingerprint density at radius 2 is 2.07 bits per heavy atom. The quantitative estimate of drug-likeness (QED) is 0.819. The monoisotopic (exact) mass is 250 g/mol. The Balaban J connectivity index is 3.46. The maximum absolute atomic E-state index is 11.1. The zero-order chi connectivity index (χ0) is 11.6. The van der Waals surface area contributed by atoms with Crippen molar-refractivity contribution in [3.8, 4) is 5.75 Å². The van der Waals surface area contributed by atoms with Crippen LogP contribution < -0.4 is 4.74 Å². The Kier molecular flexibility index (Phi) is 3.21. The summed E-state index contributed by atoms with van der Waals surface area (Å²) in [6, 6.07) is 3.41. The van der Waals surface area contributed by atoms with E-state index in [1.807, 2.05) is 0 Å². The van der Waals surface area contributed by atoms with Gasteiger partial charge in [-0.1, -0.05) is 0 Å². The zero-order valence-corrected chi connectivity index (χ0v) is 9.17. The molecule has 0 aromatic heterocycles. The Hall–Kier alpha value is -1.27. The summed E-state index contributed by atoms with van der Waals surface area (Å²) in [5.41, 5.74) is -0.171. The molecule has 15 heavy (non-hydrogen) atoms. The molecule has 7 heteroatoms. The predicted octanol–water partition coefficient (Wildman–Crippen LogP) is 1.32. The van der Waals surface area contributed by atoms with E-state index in [0.29, 0.717) is 0 Å². The second kappa shape index (κ2) is 4.08. The smallest absolute Gasteiger partial charge is 0.335 e. The lowest BCUT2D eigenvalue weighted by molar-refractivity contribution is 0.0696. The highest BCUT2D eigenvalue weighted by molar-refractivity contribution is 8.13. The van der Waals surface area contributed by atoms with Crippen molar-refractivity contribution in [2.75, 3.05) is 7.11 Å². The molecule has 1 aromatic carbocycles. The lowest BCUT2D eigenvalue weighted by Crippen LogP contribution is -2.01. The van der Waals surface area contributed by atoms with Crippen LogP contribution in [0.4, 0.5) is 0 Å². The number of carboxylic acid groups (broad SMARTS) is 1. The topological polar surface area (TPSA) is 80.7 Å². The van der Waals surface area contributed by atoms with Gasteiger partial charge in [0.05, 0.1) is 12.7 Å². The Labute approximate surface area is 90.7 Å². The summed E-state index contributed by atoms with van der Waals surface area (Å²) >= 11 is 0. The highest BCUT2D eigenvalue weighted by Gasteiger charge is 2.18. The normalized spacial score (nSPS) is 11.1. The number of carbonyl (C=O) groups is 1. The van der Waals surface area contributed by atoms with Crippen molar-refractivity contribution < 1.29 is 23.1 Å². The largest absolute Gasteiger partial charge is 0.495 e. The van der Waals surface area contributed by atoms with E-state index in [4.69, 9.17) is 20.5 Å². The highest BCUT2D eigenvalue weighted by Crippen LogP contribution is 2.27. The van der Waals surface area contributed by atoms with Crippen molar-refractivity contribution in [1.82, 2.24) is 0 Å². The second-order valence-electron chi connectivity index (χ2n) is 2.61. The first-order chi connectivity index (χ1) is 6.86. The molecule has 0 spiro atoms. The van der Waals surface area contributed by atoms with Crippen LogP contribution in [0.1, 0.15) is 10.4 Å². The minimum Gasteiger partial charge on any atom is -0.495 e. The van der Waals surface area contributed by atoms with Crippen LogP contribution >= 0.6 is 10.7 Å². The molecule has 0 unspecified atom stereocenters. The van der Waals surface area contributed by atoms with E-state index in [2.05, 4.69) is 0 Å². The van der Waals surface area contributed by atoms with Crippen molar-refractivity contribution in [3.63, 3.8) is 0 Å². The van der Waals surface area contributed by atoms with Gasteiger partial charge in [0.2, 0.25) is 0 Å². The summed E-state index contributed by atoms with van der Waals surface area (Å²) in [5.74, 6) is -1.23. The number of rotatable bonds is 3. The average Bonchev–Trinajstić information content (AvgIpc) is 2.15. The van der Waals surface area contributed by atoms with Crippen molar-refractivity contribution in [2.24, 2.45) is 0 Å². The van der Waals surface area contributed by atoms with E-state index in [9.17, 15) is 13.2 Å². The maximum atomic E-state index is 11.1. The van der Waals surface area contributed by atoms with Gasteiger partial charge in [-0.3, -0.25) is 0 Å². The summed E-state index contributed by atoms with van der Waals surface area (Å²) in [6.45, 7) is 0. The molecule has 0 atom stereocenters. The lowest BCUT2D eigenvalue weighted by atomic mass is 10.2. The van der Waals surface area contributed by atoms with Gasteiger partial charge in [-0.2, -0.15) is 0 Å². The third-order valence-corrected chi connectivity index (χ3v) is 3.02. The van der Waals surface area contributed by atoms with Gasteiger partial charge in [0, 0.05) is 10.7 Å². The van der Waals surface area contributed by atoms with E-state index in [0.717, 1.165) is 6.07 Å². The Morgan fingerprint density at radius 3 is 2.47 bits per heavy atom. The number of methoxy groups -OCH3 is 1. The standard InChI is InChI=1S/C8H7ClO5S/c1-14-6-3-2-5(8(10)11)4-7(6)15(9,12)13/h2-4H,1H3,(H,10,11). The van der Waals surface area contributed by atoms with Crippen molar-refractivity contribution in [2.45, 2.75) is 4.90 Å². The van der Waals surface area contributed by atoms with E-state index in [-0.39, 0.29) is 16.2 Å². The van der Waals surface area contributed by atoms with Crippen LogP contribution in [0.3, 0.4) is 0 Å². The van der Waals surface area contributed by atoms with Crippen molar-refractivity contribution >= 4 is 25.7 Å². The third-order valence-electron chi connectivity index (χ3n) is 1.67. The van der Waals surface area contributed by atoms with Crippen LogP contribution in [0.5, 0.6) is 5.75 Å². The van der Waals surface area contributed by atoms with E-state index in [1.165, 1.54) is 19.2 Å². The molecule has 0 aliphatic rings. The number of halogens is 1. The van der Waals surface area contributed by atoms with E-state index < -0.39 is 15.0 Å². The number of benzene rings is 1. The molecule has 0 radical (unpaired) electrons. The summed E-state index contributed by atoms with van der Waals surface area (Å²) in [4.78, 5) is 10.2. The number of hydrogen-bond donors (Lipinski definition) is 1. The molecule has 0 fully saturated rings. The van der Waals surface area contributed by atoms with Crippen molar-refractivity contribution in [3.05, 3.63) is 23.8 Å². The Morgan fingerprint density at radius 1 is 1.47 bits per heavy atom. The van der Waals surface area contributed by atoms with Crippen LogP contribution in [0.2, 0.25) is 0 Å². The minimum atomic E-state index is -4.02. The van der Waals surface area contributed by atoms with Crippen LogP contribution in [-0.2, 0) is 9.05 Å². The maximum Gasteiger partial charge on any atom is 0.335 e. The predicted molar refractivity (Wildman–Crippen MR) is 53.0 cm³/mol. The molecular formula is C8H7ClO5S. The van der Waals surface area contributed by atoms with Gasteiger partial charge in [-0.15, -0.1) is 0 Å². The first-order valence-corrected chi connectivity index (χ1v) is 6.03. The summed E-state index contributed by atoms with van der Waals surface area (Å²) in [5, 5.41) is 8.66. The summed E-state index contributed by atoms with van der Waals surface area (Å²) < 4.78 is 26.9. The molecule has 5 nitrogen and oxygen atoms in total. The van der Waals surface area contributed by atoms with Crippen LogP contribution in [0, 0.1) is 0 Å². The fourth-order valence-electron chi connectivity index (χ4n) is 1.00. The van der Waals surface area contributed by atoms with Gasteiger partial charge in [-0.25, -0.2) is 13.2 Å². The number of aromatic carboxylic acids is 1.